The van der Waals surface area contributed by atoms with Crippen LogP contribution in [0.2, 0.25) is 0 Å². The number of hydrogen-bond donors (Lipinski definition) is 0. The van der Waals surface area contributed by atoms with Gasteiger partial charge in [-0.1, -0.05) is 35.0 Å². The van der Waals surface area contributed by atoms with Crippen LogP contribution in [-0.2, 0) is 27.3 Å². The van der Waals surface area contributed by atoms with Gasteiger partial charge in [0, 0.05) is 23.9 Å². The normalized spacial score (nSPS) is 17.8. The Labute approximate surface area is 120 Å². The molecule has 1 aliphatic rings. The van der Waals surface area contributed by atoms with Gasteiger partial charge in [0.15, 0.2) is 0 Å². The largest absolute Gasteiger partial charge is 0.467 e. The van der Waals surface area contributed by atoms with Crippen molar-refractivity contribution in [2.24, 2.45) is 0 Å². The molecule has 0 spiro atoms. The summed E-state index contributed by atoms with van der Waals surface area (Å²) in [5, 5.41) is 0. The van der Waals surface area contributed by atoms with Gasteiger partial charge in [0.25, 0.3) is 0 Å². The minimum absolute atomic E-state index is 0.0268. The Kier molecular flexibility index (Phi) is 4.24. The Bertz CT molecular complexity index is 515. The van der Waals surface area contributed by atoms with Gasteiger partial charge in [-0.15, -0.1) is 0 Å². The van der Waals surface area contributed by atoms with Gasteiger partial charge < -0.3 is 9.64 Å². The predicted molar refractivity (Wildman–Crippen MR) is 74.5 cm³/mol. The van der Waals surface area contributed by atoms with E-state index in [9.17, 15) is 9.59 Å². The number of halogens is 1. The maximum atomic E-state index is 12.0. The molecule has 2 rings (SSSR count). The molecule has 0 saturated carbocycles. The standard InChI is InChI=1S/C14H16BrNO3/c1-3-13(17)16-8-9-5-4-6-11(15)10(9)7-12(16)14(18)19-2/h4-6,12H,3,7-8H2,1-2H3. The highest BCUT2D eigenvalue weighted by molar-refractivity contribution is 9.10. The summed E-state index contributed by atoms with van der Waals surface area (Å²) in [6.07, 6.45) is 0.881. The molecule has 1 amide bonds. The first-order valence-corrected chi connectivity index (χ1v) is 7.01. The maximum absolute atomic E-state index is 12.0. The molecular formula is C14H16BrNO3. The summed E-state index contributed by atoms with van der Waals surface area (Å²) in [7, 11) is 1.35. The third-order valence-electron chi connectivity index (χ3n) is 3.43. The van der Waals surface area contributed by atoms with Gasteiger partial charge in [-0.25, -0.2) is 4.79 Å². The number of fused-ring (bicyclic) bond motifs is 1. The first-order valence-electron chi connectivity index (χ1n) is 6.22. The van der Waals surface area contributed by atoms with Crippen molar-refractivity contribution in [1.29, 1.82) is 0 Å². The molecule has 0 saturated heterocycles. The van der Waals surface area contributed by atoms with Gasteiger partial charge in [0.05, 0.1) is 7.11 Å². The molecule has 1 aromatic carbocycles. The molecule has 0 radical (unpaired) electrons. The van der Waals surface area contributed by atoms with E-state index in [1.54, 1.807) is 11.8 Å². The molecular weight excluding hydrogens is 310 g/mol. The van der Waals surface area contributed by atoms with Crippen LogP contribution in [0.4, 0.5) is 0 Å². The number of hydrogen-bond acceptors (Lipinski definition) is 3. The topological polar surface area (TPSA) is 46.6 Å². The number of esters is 1. The lowest BCUT2D eigenvalue weighted by Gasteiger charge is -2.35. The van der Waals surface area contributed by atoms with Gasteiger partial charge >= 0.3 is 5.97 Å². The zero-order chi connectivity index (χ0) is 14.0. The number of carbonyl (C=O) groups is 2. The third-order valence-corrected chi connectivity index (χ3v) is 4.17. The number of nitrogens with zero attached hydrogens (tertiary/aromatic N) is 1. The second kappa shape index (κ2) is 5.74. The Morgan fingerprint density at radius 2 is 2.21 bits per heavy atom. The first-order chi connectivity index (χ1) is 9.08. The van der Waals surface area contributed by atoms with E-state index in [0.29, 0.717) is 19.4 Å². The lowest BCUT2D eigenvalue weighted by molar-refractivity contribution is -0.153. The molecule has 5 heteroatoms. The van der Waals surface area contributed by atoms with Crippen molar-refractivity contribution >= 4 is 27.8 Å². The smallest absolute Gasteiger partial charge is 0.328 e. The zero-order valence-electron chi connectivity index (χ0n) is 11.0. The van der Waals surface area contributed by atoms with Crippen LogP contribution in [-0.4, -0.2) is 29.9 Å². The molecule has 19 heavy (non-hydrogen) atoms. The third kappa shape index (κ3) is 2.66. The van der Waals surface area contributed by atoms with Crippen molar-refractivity contribution in [3.8, 4) is 0 Å². The first kappa shape index (κ1) is 14.1. The highest BCUT2D eigenvalue weighted by atomic mass is 79.9. The van der Waals surface area contributed by atoms with E-state index >= 15 is 0 Å². The van der Waals surface area contributed by atoms with E-state index in [2.05, 4.69) is 15.9 Å². The van der Waals surface area contributed by atoms with Crippen molar-refractivity contribution < 1.29 is 14.3 Å². The fourth-order valence-electron chi connectivity index (χ4n) is 2.39. The minimum Gasteiger partial charge on any atom is -0.467 e. The van der Waals surface area contributed by atoms with Crippen LogP contribution in [0.1, 0.15) is 24.5 Å². The fraction of sp³-hybridized carbons (Fsp3) is 0.429. The lowest BCUT2D eigenvalue weighted by Crippen LogP contribution is -2.49. The average Bonchev–Trinajstić information content (AvgIpc) is 2.44. The monoisotopic (exact) mass is 325 g/mol. The van der Waals surface area contributed by atoms with Gasteiger partial charge in [-0.3, -0.25) is 4.79 Å². The van der Waals surface area contributed by atoms with Crippen LogP contribution in [0.15, 0.2) is 22.7 Å². The average molecular weight is 326 g/mol. The number of benzene rings is 1. The van der Waals surface area contributed by atoms with Gasteiger partial charge in [-0.05, 0) is 17.2 Å². The van der Waals surface area contributed by atoms with Crippen LogP contribution >= 0.6 is 15.9 Å². The summed E-state index contributed by atoms with van der Waals surface area (Å²) in [5.74, 6) is -0.385. The molecule has 0 aliphatic carbocycles. The zero-order valence-corrected chi connectivity index (χ0v) is 12.6. The molecule has 1 atom stereocenters. The van der Waals surface area contributed by atoms with Crippen molar-refractivity contribution in [1.82, 2.24) is 4.90 Å². The summed E-state index contributed by atoms with van der Waals surface area (Å²) >= 11 is 3.50. The second-order valence-electron chi connectivity index (χ2n) is 4.50. The Morgan fingerprint density at radius 3 is 2.84 bits per heavy atom. The van der Waals surface area contributed by atoms with E-state index in [1.165, 1.54) is 7.11 Å². The van der Waals surface area contributed by atoms with Gasteiger partial charge in [-0.2, -0.15) is 0 Å². The predicted octanol–water partition coefficient (Wildman–Crippen LogP) is 2.29. The molecule has 0 fully saturated rings. The number of amides is 1. The van der Waals surface area contributed by atoms with E-state index in [-0.39, 0.29) is 11.9 Å². The van der Waals surface area contributed by atoms with Crippen LogP contribution in [0, 0.1) is 0 Å². The van der Waals surface area contributed by atoms with Crippen LogP contribution in [0.25, 0.3) is 0 Å². The molecule has 0 aromatic heterocycles. The molecule has 1 aromatic rings. The molecule has 4 nitrogen and oxygen atoms in total. The quantitative estimate of drug-likeness (QED) is 0.784. The number of methoxy groups -OCH3 is 1. The van der Waals surface area contributed by atoms with Crippen molar-refractivity contribution in [2.45, 2.75) is 32.4 Å². The molecule has 102 valence electrons. The van der Waals surface area contributed by atoms with Crippen molar-refractivity contribution in [3.05, 3.63) is 33.8 Å². The molecule has 1 aliphatic heterocycles. The fourth-order valence-corrected chi connectivity index (χ4v) is 2.96. The summed E-state index contributed by atoms with van der Waals surface area (Å²) < 4.78 is 5.80. The summed E-state index contributed by atoms with van der Waals surface area (Å²) in [6, 6.07) is 5.35. The van der Waals surface area contributed by atoms with Crippen LogP contribution in [0.5, 0.6) is 0 Å². The molecule has 0 bridgehead atoms. The molecule has 1 heterocycles. The van der Waals surface area contributed by atoms with Gasteiger partial charge in [0.1, 0.15) is 6.04 Å². The van der Waals surface area contributed by atoms with Crippen molar-refractivity contribution in [3.63, 3.8) is 0 Å². The van der Waals surface area contributed by atoms with E-state index in [0.717, 1.165) is 15.6 Å². The lowest BCUT2D eigenvalue weighted by atomic mass is 9.93. The van der Waals surface area contributed by atoms with E-state index in [4.69, 9.17) is 4.74 Å². The minimum atomic E-state index is -0.524. The Hall–Kier alpha value is -1.36. The number of carbonyl (C=O) groups excluding carboxylic acids is 2. The van der Waals surface area contributed by atoms with Crippen LogP contribution < -0.4 is 0 Å². The van der Waals surface area contributed by atoms with Gasteiger partial charge in [0.2, 0.25) is 5.91 Å². The van der Waals surface area contributed by atoms with Crippen molar-refractivity contribution in [2.75, 3.05) is 7.11 Å². The Morgan fingerprint density at radius 1 is 1.47 bits per heavy atom. The highest BCUT2D eigenvalue weighted by Gasteiger charge is 2.35. The summed E-state index contributed by atoms with van der Waals surface area (Å²) in [5.41, 5.74) is 2.16. The highest BCUT2D eigenvalue weighted by Crippen LogP contribution is 2.30. The van der Waals surface area contributed by atoms with E-state index in [1.807, 2.05) is 18.2 Å². The maximum Gasteiger partial charge on any atom is 0.328 e. The number of ether oxygens (including phenoxy) is 1. The number of rotatable bonds is 2. The summed E-state index contributed by atoms with van der Waals surface area (Å²) in [6.45, 7) is 2.26. The molecule has 1 unspecified atom stereocenters. The SMILES string of the molecule is CCC(=O)N1Cc2cccc(Br)c2CC1C(=O)OC. The molecule has 0 N–H and O–H groups in total. The van der Waals surface area contributed by atoms with E-state index < -0.39 is 6.04 Å². The van der Waals surface area contributed by atoms with Crippen LogP contribution in [0.3, 0.4) is 0 Å². The second-order valence-corrected chi connectivity index (χ2v) is 5.35. The Balaban J connectivity index is 2.39. The summed E-state index contributed by atoms with van der Waals surface area (Å²) in [4.78, 5) is 25.5.